The van der Waals surface area contributed by atoms with Crippen LogP contribution in [0.15, 0.2) is 82.0 Å². The van der Waals surface area contributed by atoms with Crippen LogP contribution in [0.4, 0.5) is 5.69 Å². The summed E-state index contributed by atoms with van der Waals surface area (Å²) in [5, 5.41) is 3.21. The SMILES string of the molecule is Cc1ccc(OCC(=O)Nc2ccc(-c3nc4ccccc4c(=O)o3)cc2)cc1. The van der Waals surface area contributed by atoms with Crippen molar-refractivity contribution in [3.8, 4) is 17.2 Å². The highest BCUT2D eigenvalue weighted by Crippen LogP contribution is 2.21. The number of amides is 1. The second-order valence-electron chi connectivity index (χ2n) is 6.55. The molecule has 0 fully saturated rings. The molecule has 1 aromatic heterocycles. The number of ether oxygens (including phenoxy) is 1. The van der Waals surface area contributed by atoms with Crippen LogP contribution < -0.4 is 15.7 Å². The molecule has 0 saturated carbocycles. The lowest BCUT2D eigenvalue weighted by molar-refractivity contribution is -0.118. The Hall–Kier alpha value is -3.93. The van der Waals surface area contributed by atoms with Crippen molar-refractivity contribution in [3.63, 3.8) is 0 Å². The van der Waals surface area contributed by atoms with Crippen LogP contribution in [0.2, 0.25) is 0 Å². The van der Waals surface area contributed by atoms with Crippen molar-refractivity contribution in [2.75, 3.05) is 11.9 Å². The largest absolute Gasteiger partial charge is 0.484 e. The van der Waals surface area contributed by atoms with E-state index in [1.54, 1.807) is 42.5 Å². The lowest BCUT2D eigenvalue weighted by Gasteiger charge is -2.08. The average molecular weight is 386 g/mol. The summed E-state index contributed by atoms with van der Waals surface area (Å²) >= 11 is 0. The maximum Gasteiger partial charge on any atom is 0.347 e. The number of nitrogens with one attached hydrogen (secondary N) is 1. The molecule has 0 saturated heterocycles. The highest BCUT2D eigenvalue weighted by atomic mass is 16.5. The molecule has 1 heterocycles. The van der Waals surface area contributed by atoms with Crippen LogP contribution in [0, 0.1) is 6.92 Å². The van der Waals surface area contributed by atoms with E-state index in [2.05, 4.69) is 10.3 Å². The van der Waals surface area contributed by atoms with Crippen molar-refractivity contribution in [1.82, 2.24) is 4.98 Å². The van der Waals surface area contributed by atoms with Crippen LogP contribution in [-0.4, -0.2) is 17.5 Å². The maximum atomic E-state index is 12.1. The van der Waals surface area contributed by atoms with Gasteiger partial charge in [-0.2, -0.15) is 0 Å². The number of carbonyl (C=O) groups is 1. The Morgan fingerprint density at radius 1 is 1.00 bits per heavy atom. The van der Waals surface area contributed by atoms with E-state index in [1.165, 1.54) is 0 Å². The van der Waals surface area contributed by atoms with E-state index in [9.17, 15) is 9.59 Å². The van der Waals surface area contributed by atoms with Gasteiger partial charge < -0.3 is 14.5 Å². The fraction of sp³-hybridized carbons (Fsp3) is 0.0870. The topological polar surface area (TPSA) is 81.4 Å². The van der Waals surface area contributed by atoms with Crippen LogP contribution in [-0.2, 0) is 4.79 Å². The zero-order chi connectivity index (χ0) is 20.2. The molecule has 1 N–H and O–H groups in total. The first kappa shape index (κ1) is 18.4. The Labute approximate surface area is 166 Å². The fourth-order valence-electron chi connectivity index (χ4n) is 2.82. The molecule has 6 heteroatoms. The third-order valence-corrected chi connectivity index (χ3v) is 4.34. The van der Waals surface area contributed by atoms with Gasteiger partial charge in [0.1, 0.15) is 5.75 Å². The van der Waals surface area contributed by atoms with Gasteiger partial charge in [0.05, 0.1) is 10.9 Å². The average Bonchev–Trinajstić information content (AvgIpc) is 2.74. The summed E-state index contributed by atoms with van der Waals surface area (Å²) in [6.45, 7) is 1.89. The first-order valence-electron chi connectivity index (χ1n) is 9.08. The molecule has 0 atom stereocenters. The number of carbonyl (C=O) groups excluding carboxylic acids is 1. The van der Waals surface area contributed by atoms with Gasteiger partial charge >= 0.3 is 5.63 Å². The van der Waals surface area contributed by atoms with Gasteiger partial charge in [0, 0.05) is 11.3 Å². The summed E-state index contributed by atoms with van der Waals surface area (Å²) < 4.78 is 10.8. The maximum absolute atomic E-state index is 12.1. The summed E-state index contributed by atoms with van der Waals surface area (Å²) in [5.41, 5.74) is 2.51. The number of nitrogens with zero attached hydrogens (tertiary/aromatic N) is 1. The Morgan fingerprint density at radius 3 is 2.48 bits per heavy atom. The van der Waals surface area contributed by atoms with Gasteiger partial charge in [0.25, 0.3) is 5.91 Å². The minimum absolute atomic E-state index is 0.0914. The normalized spacial score (nSPS) is 10.7. The van der Waals surface area contributed by atoms with Gasteiger partial charge in [-0.05, 0) is 55.5 Å². The Bertz CT molecular complexity index is 1210. The molecule has 29 heavy (non-hydrogen) atoms. The van der Waals surface area contributed by atoms with Gasteiger partial charge in [-0.3, -0.25) is 4.79 Å². The van der Waals surface area contributed by atoms with E-state index in [0.717, 1.165) is 5.56 Å². The molecule has 4 aromatic rings. The molecule has 0 aliphatic rings. The van der Waals surface area contributed by atoms with Crippen LogP contribution in [0.25, 0.3) is 22.4 Å². The van der Waals surface area contributed by atoms with E-state index < -0.39 is 5.63 Å². The van der Waals surface area contributed by atoms with Crippen molar-refractivity contribution in [2.45, 2.75) is 6.92 Å². The lowest BCUT2D eigenvalue weighted by Crippen LogP contribution is -2.20. The molecule has 3 aromatic carbocycles. The molecule has 1 amide bonds. The highest BCUT2D eigenvalue weighted by molar-refractivity contribution is 5.92. The summed E-state index contributed by atoms with van der Waals surface area (Å²) in [6, 6.07) is 21.4. The standard InChI is InChI=1S/C23H18N2O4/c1-15-6-12-18(13-7-15)28-14-21(26)24-17-10-8-16(9-11-17)22-25-20-5-3-2-4-19(20)23(27)29-22/h2-13H,14H2,1H3,(H,24,26). The molecule has 0 aliphatic carbocycles. The smallest absolute Gasteiger partial charge is 0.347 e. The monoisotopic (exact) mass is 386 g/mol. The van der Waals surface area contributed by atoms with Gasteiger partial charge in [-0.1, -0.05) is 29.8 Å². The molecule has 0 radical (unpaired) electrons. The molecule has 0 unspecified atom stereocenters. The lowest BCUT2D eigenvalue weighted by atomic mass is 10.2. The van der Waals surface area contributed by atoms with E-state index in [4.69, 9.17) is 9.15 Å². The number of hydrogen-bond donors (Lipinski definition) is 1. The summed E-state index contributed by atoms with van der Waals surface area (Å²) in [5.74, 6) is 0.599. The van der Waals surface area contributed by atoms with Crippen molar-refractivity contribution in [2.24, 2.45) is 0 Å². The number of aryl methyl sites for hydroxylation is 1. The predicted octanol–water partition coefficient (Wildman–Crippen LogP) is 4.18. The van der Waals surface area contributed by atoms with Gasteiger partial charge in [0.2, 0.25) is 5.89 Å². The number of rotatable bonds is 5. The zero-order valence-electron chi connectivity index (χ0n) is 15.7. The van der Waals surface area contributed by atoms with Crippen LogP contribution in [0.3, 0.4) is 0 Å². The minimum atomic E-state index is -0.434. The Morgan fingerprint density at radius 2 is 1.72 bits per heavy atom. The minimum Gasteiger partial charge on any atom is -0.484 e. The summed E-state index contributed by atoms with van der Waals surface area (Å²) in [4.78, 5) is 28.6. The van der Waals surface area contributed by atoms with E-state index >= 15 is 0 Å². The van der Waals surface area contributed by atoms with Crippen molar-refractivity contribution < 1.29 is 13.9 Å². The first-order valence-corrected chi connectivity index (χ1v) is 9.08. The molecular weight excluding hydrogens is 368 g/mol. The number of benzene rings is 3. The second kappa shape index (κ2) is 7.98. The number of hydrogen-bond acceptors (Lipinski definition) is 5. The molecule has 0 bridgehead atoms. The van der Waals surface area contributed by atoms with E-state index in [0.29, 0.717) is 27.9 Å². The third-order valence-electron chi connectivity index (χ3n) is 4.34. The van der Waals surface area contributed by atoms with Gasteiger partial charge in [-0.25, -0.2) is 9.78 Å². The van der Waals surface area contributed by atoms with E-state index in [1.807, 2.05) is 37.3 Å². The molecule has 144 valence electrons. The van der Waals surface area contributed by atoms with Gasteiger partial charge in [0.15, 0.2) is 6.61 Å². The second-order valence-corrected chi connectivity index (χ2v) is 6.55. The Kier molecular flexibility index (Phi) is 5.07. The van der Waals surface area contributed by atoms with Crippen LogP contribution >= 0.6 is 0 Å². The predicted molar refractivity (Wildman–Crippen MR) is 111 cm³/mol. The Balaban J connectivity index is 1.43. The van der Waals surface area contributed by atoms with Crippen LogP contribution in [0.1, 0.15) is 5.56 Å². The molecule has 0 aliphatic heterocycles. The number of fused-ring (bicyclic) bond motifs is 1. The molecule has 0 spiro atoms. The quantitative estimate of drug-likeness (QED) is 0.556. The number of para-hydroxylation sites is 1. The van der Waals surface area contributed by atoms with Crippen molar-refractivity contribution in [3.05, 3.63) is 88.8 Å². The third kappa shape index (κ3) is 4.32. The first-order chi connectivity index (χ1) is 14.1. The summed E-state index contributed by atoms with van der Waals surface area (Å²) in [7, 11) is 0. The summed E-state index contributed by atoms with van der Waals surface area (Å²) in [6.07, 6.45) is 0. The highest BCUT2D eigenvalue weighted by Gasteiger charge is 2.09. The van der Waals surface area contributed by atoms with Crippen molar-refractivity contribution in [1.29, 1.82) is 0 Å². The molecule has 4 rings (SSSR count). The number of anilines is 1. The molecule has 6 nitrogen and oxygen atoms in total. The van der Waals surface area contributed by atoms with Crippen molar-refractivity contribution >= 4 is 22.5 Å². The zero-order valence-corrected chi connectivity index (χ0v) is 15.7. The fourth-order valence-corrected chi connectivity index (χ4v) is 2.82. The molecular formula is C23H18N2O4. The number of aromatic nitrogens is 1. The van der Waals surface area contributed by atoms with E-state index in [-0.39, 0.29) is 18.4 Å². The van der Waals surface area contributed by atoms with Crippen LogP contribution in [0.5, 0.6) is 5.75 Å². The van der Waals surface area contributed by atoms with Gasteiger partial charge in [-0.15, -0.1) is 0 Å².